The van der Waals surface area contributed by atoms with Crippen LogP contribution in [0.25, 0.3) is 0 Å². The Morgan fingerprint density at radius 2 is 1.93 bits per heavy atom. The summed E-state index contributed by atoms with van der Waals surface area (Å²) >= 11 is 1.19. The molecule has 1 aliphatic rings. The summed E-state index contributed by atoms with van der Waals surface area (Å²) in [6.45, 7) is 0.201. The molecule has 2 N–H and O–H groups in total. The van der Waals surface area contributed by atoms with E-state index in [-0.39, 0.29) is 18.4 Å². The second kappa shape index (κ2) is 3.93. The predicted octanol–water partition coefficient (Wildman–Crippen LogP) is 0.159. The fourth-order valence-electron chi connectivity index (χ4n) is 1.44. The molecule has 0 aromatic carbocycles. The largest absolute Gasteiger partial charge is 0.374 e. The zero-order valence-corrected chi connectivity index (χ0v) is 8.79. The molecular weight excluding hydrogens is 216 g/mol. The van der Waals surface area contributed by atoms with Crippen LogP contribution in [0.2, 0.25) is 0 Å². The van der Waals surface area contributed by atoms with E-state index >= 15 is 0 Å². The minimum atomic E-state index is -0.139. The lowest BCUT2D eigenvalue weighted by atomic mass is 10.1. The number of amides is 2. The number of imide groups is 1. The SMILES string of the molecule is Nc1nnc(CN2C(=O)CCCC2=O)s1. The normalized spacial score (nSPS) is 17.2. The molecule has 0 radical (unpaired) electrons. The summed E-state index contributed by atoms with van der Waals surface area (Å²) in [7, 11) is 0. The highest BCUT2D eigenvalue weighted by molar-refractivity contribution is 7.15. The average molecular weight is 226 g/mol. The van der Waals surface area contributed by atoms with E-state index in [2.05, 4.69) is 10.2 Å². The quantitative estimate of drug-likeness (QED) is 0.725. The second-order valence-corrected chi connectivity index (χ2v) is 4.35. The number of hydrogen-bond acceptors (Lipinski definition) is 6. The maximum Gasteiger partial charge on any atom is 0.229 e. The number of nitrogens with zero attached hydrogens (tertiary/aromatic N) is 3. The van der Waals surface area contributed by atoms with Crippen LogP contribution in [0.3, 0.4) is 0 Å². The average Bonchev–Trinajstić information content (AvgIpc) is 2.58. The molecule has 1 saturated heterocycles. The number of aromatic nitrogens is 2. The lowest BCUT2D eigenvalue weighted by Gasteiger charge is -2.23. The van der Waals surface area contributed by atoms with Crippen molar-refractivity contribution >= 4 is 28.3 Å². The van der Waals surface area contributed by atoms with Crippen LogP contribution in [0.1, 0.15) is 24.3 Å². The Kier molecular flexibility index (Phi) is 2.63. The van der Waals surface area contributed by atoms with Gasteiger partial charge >= 0.3 is 0 Å². The maximum absolute atomic E-state index is 11.4. The van der Waals surface area contributed by atoms with Crippen molar-refractivity contribution in [3.05, 3.63) is 5.01 Å². The van der Waals surface area contributed by atoms with E-state index in [1.165, 1.54) is 16.2 Å². The van der Waals surface area contributed by atoms with E-state index in [0.29, 0.717) is 29.4 Å². The third-order valence-electron chi connectivity index (χ3n) is 2.16. The highest BCUT2D eigenvalue weighted by Gasteiger charge is 2.26. The Morgan fingerprint density at radius 3 is 2.47 bits per heavy atom. The van der Waals surface area contributed by atoms with Gasteiger partial charge in [0.2, 0.25) is 16.9 Å². The minimum absolute atomic E-state index is 0.139. The number of rotatable bonds is 2. The van der Waals surface area contributed by atoms with Gasteiger partial charge in [0.05, 0.1) is 6.54 Å². The molecule has 6 nitrogen and oxygen atoms in total. The van der Waals surface area contributed by atoms with Crippen LogP contribution in [0.15, 0.2) is 0 Å². The highest BCUT2D eigenvalue weighted by atomic mass is 32.1. The zero-order chi connectivity index (χ0) is 10.8. The number of carbonyl (C=O) groups is 2. The maximum atomic E-state index is 11.4. The smallest absolute Gasteiger partial charge is 0.229 e. The van der Waals surface area contributed by atoms with Gasteiger partial charge in [-0.15, -0.1) is 10.2 Å². The summed E-state index contributed by atoms with van der Waals surface area (Å²) < 4.78 is 0. The van der Waals surface area contributed by atoms with Crippen molar-refractivity contribution in [1.29, 1.82) is 0 Å². The molecule has 15 heavy (non-hydrogen) atoms. The predicted molar refractivity (Wildman–Crippen MR) is 53.7 cm³/mol. The summed E-state index contributed by atoms with van der Waals surface area (Å²) in [5, 5.41) is 8.35. The topological polar surface area (TPSA) is 89.2 Å². The monoisotopic (exact) mass is 226 g/mol. The van der Waals surface area contributed by atoms with E-state index < -0.39 is 0 Å². The van der Waals surface area contributed by atoms with Crippen LogP contribution in [-0.2, 0) is 16.1 Å². The number of nitrogens with two attached hydrogens (primary N) is 1. The van der Waals surface area contributed by atoms with Gasteiger partial charge in [0, 0.05) is 12.8 Å². The third kappa shape index (κ3) is 2.12. The molecule has 0 saturated carbocycles. The molecule has 0 unspecified atom stereocenters. The number of anilines is 1. The number of piperidine rings is 1. The number of likely N-dealkylation sites (tertiary alicyclic amines) is 1. The number of hydrogen-bond donors (Lipinski definition) is 1. The first kappa shape index (κ1) is 10.0. The molecule has 0 bridgehead atoms. The molecule has 2 heterocycles. The van der Waals surface area contributed by atoms with Gasteiger partial charge in [-0.05, 0) is 6.42 Å². The Labute approximate surface area is 90.1 Å². The van der Waals surface area contributed by atoms with Crippen molar-refractivity contribution in [3.63, 3.8) is 0 Å². The van der Waals surface area contributed by atoms with Crippen molar-refractivity contribution < 1.29 is 9.59 Å². The van der Waals surface area contributed by atoms with Crippen LogP contribution in [0.4, 0.5) is 5.13 Å². The van der Waals surface area contributed by atoms with Crippen molar-refractivity contribution in [1.82, 2.24) is 15.1 Å². The Bertz CT molecular complexity index is 387. The molecule has 0 spiro atoms. The van der Waals surface area contributed by atoms with Crippen LogP contribution < -0.4 is 5.73 Å². The van der Waals surface area contributed by atoms with Crippen LogP contribution in [0.5, 0.6) is 0 Å². The molecule has 1 fully saturated rings. The first-order valence-electron chi connectivity index (χ1n) is 4.58. The molecular formula is C8H10N4O2S. The summed E-state index contributed by atoms with van der Waals surface area (Å²) in [4.78, 5) is 24.1. The summed E-state index contributed by atoms with van der Waals surface area (Å²) in [5.74, 6) is -0.278. The van der Waals surface area contributed by atoms with Crippen LogP contribution in [-0.4, -0.2) is 26.9 Å². The number of carbonyl (C=O) groups excluding carboxylic acids is 2. The first-order chi connectivity index (χ1) is 7.16. The fraction of sp³-hybridized carbons (Fsp3) is 0.500. The number of nitrogen functional groups attached to an aromatic ring is 1. The minimum Gasteiger partial charge on any atom is -0.374 e. The van der Waals surface area contributed by atoms with Gasteiger partial charge < -0.3 is 5.73 Å². The van der Waals surface area contributed by atoms with Gasteiger partial charge in [0.15, 0.2) is 0 Å². The summed E-state index contributed by atoms with van der Waals surface area (Å²) in [6, 6.07) is 0. The molecule has 2 amide bonds. The Morgan fingerprint density at radius 1 is 1.27 bits per heavy atom. The Balaban J connectivity index is 2.09. The van der Waals surface area contributed by atoms with E-state index in [1.807, 2.05) is 0 Å². The van der Waals surface area contributed by atoms with E-state index in [9.17, 15) is 9.59 Å². The van der Waals surface area contributed by atoms with Gasteiger partial charge in [-0.3, -0.25) is 14.5 Å². The van der Waals surface area contributed by atoms with Gasteiger partial charge in [-0.2, -0.15) is 0 Å². The molecule has 0 aliphatic carbocycles. The molecule has 1 aromatic heterocycles. The van der Waals surface area contributed by atoms with Crippen LogP contribution in [0, 0.1) is 0 Å². The van der Waals surface area contributed by atoms with Crippen molar-refractivity contribution in [2.24, 2.45) is 0 Å². The summed E-state index contributed by atoms with van der Waals surface area (Å²) in [5.41, 5.74) is 5.41. The van der Waals surface area contributed by atoms with Gasteiger partial charge in [-0.1, -0.05) is 11.3 Å². The van der Waals surface area contributed by atoms with E-state index in [4.69, 9.17) is 5.73 Å². The zero-order valence-electron chi connectivity index (χ0n) is 7.97. The molecule has 0 atom stereocenters. The standard InChI is InChI=1S/C8H10N4O2S/c9-8-11-10-5(15-8)4-12-6(13)2-1-3-7(12)14/h1-4H2,(H2,9,11). The van der Waals surface area contributed by atoms with E-state index in [1.54, 1.807) is 0 Å². The first-order valence-corrected chi connectivity index (χ1v) is 5.39. The van der Waals surface area contributed by atoms with Crippen LogP contribution >= 0.6 is 11.3 Å². The molecule has 2 rings (SSSR count). The third-order valence-corrected chi connectivity index (χ3v) is 2.90. The molecule has 1 aromatic rings. The molecule has 7 heteroatoms. The second-order valence-electron chi connectivity index (χ2n) is 3.26. The Hall–Kier alpha value is -1.50. The lowest BCUT2D eigenvalue weighted by molar-refractivity contribution is -0.148. The van der Waals surface area contributed by atoms with E-state index in [0.717, 1.165) is 0 Å². The van der Waals surface area contributed by atoms with Crippen molar-refractivity contribution in [3.8, 4) is 0 Å². The van der Waals surface area contributed by atoms with Gasteiger partial charge in [0.25, 0.3) is 0 Å². The molecule has 80 valence electrons. The lowest BCUT2D eigenvalue weighted by Crippen LogP contribution is -2.39. The fourth-order valence-corrected chi connectivity index (χ4v) is 2.04. The van der Waals surface area contributed by atoms with Gasteiger partial charge in [-0.25, -0.2) is 0 Å². The van der Waals surface area contributed by atoms with Crippen molar-refractivity contribution in [2.45, 2.75) is 25.8 Å². The van der Waals surface area contributed by atoms with Gasteiger partial charge in [0.1, 0.15) is 5.01 Å². The summed E-state index contributed by atoms with van der Waals surface area (Å²) in [6.07, 6.45) is 1.51. The molecule has 1 aliphatic heterocycles. The van der Waals surface area contributed by atoms with Crippen molar-refractivity contribution in [2.75, 3.05) is 5.73 Å². The highest BCUT2D eigenvalue weighted by Crippen LogP contribution is 2.18.